The van der Waals surface area contributed by atoms with Crippen LogP contribution in [0.2, 0.25) is 0 Å². The van der Waals surface area contributed by atoms with Gasteiger partial charge in [0.15, 0.2) is 0 Å². The molecule has 12 heavy (non-hydrogen) atoms. The van der Waals surface area contributed by atoms with E-state index in [2.05, 4.69) is 10.6 Å². The summed E-state index contributed by atoms with van der Waals surface area (Å²) < 4.78 is 12.5. The van der Waals surface area contributed by atoms with Crippen LogP contribution in [0.5, 0.6) is 0 Å². The molecule has 2 atom stereocenters. The first-order chi connectivity index (χ1) is 5.24. The summed E-state index contributed by atoms with van der Waals surface area (Å²) in [5, 5.41) is 5.44. The van der Waals surface area contributed by atoms with Gasteiger partial charge in [-0.3, -0.25) is 4.79 Å². The summed E-state index contributed by atoms with van der Waals surface area (Å²) in [5.74, 6) is -0.0901. The average Bonchev–Trinajstić information content (AvgIpc) is 2.36. The van der Waals surface area contributed by atoms with Crippen LogP contribution in [0.4, 0.5) is 4.39 Å². The SMILES string of the molecule is CCNC(=O)[C@@H]1C[C@@H](F)CN1.Cl. The van der Waals surface area contributed by atoms with Crippen molar-refractivity contribution >= 4 is 18.3 Å². The molecule has 0 aromatic heterocycles. The first-order valence-electron chi connectivity index (χ1n) is 3.89. The van der Waals surface area contributed by atoms with E-state index in [0.717, 1.165) is 0 Å². The molecule has 5 heteroatoms. The van der Waals surface area contributed by atoms with Crippen molar-refractivity contribution in [2.24, 2.45) is 0 Å². The summed E-state index contributed by atoms with van der Waals surface area (Å²) in [6.45, 7) is 2.76. The molecule has 1 fully saturated rings. The lowest BCUT2D eigenvalue weighted by Gasteiger charge is -2.08. The first-order valence-corrected chi connectivity index (χ1v) is 3.89. The van der Waals surface area contributed by atoms with Gasteiger partial charge >= 0.3 is 0 Å². The molecular formula is C7H14ClFN2O. The molecule has 0 bridgehead atoms. The second-order valence-electron chi connectivity index (χ2n) is 2.69. The van der Waals surface area contributed by atoms with E-state index in [1.165, 1.54) is 0 Å². The van der Waals surface area contributed by atoms with Crippen LogP contribution in [-0.2, 0) is 4.79 Å². The molecule has 0 aromatic carbocycles. The lowest BCUT2D eigenvalue weighted by atomic mass is 10.2. The number of hydrogen-bond donors (Lipinski definition) is 2. The van der Waals surface area contributed by atoms with Crippen LogP contribution in [0.3, 0.4) is 0 Å². The maximum absolute atomic E-state index is 12.5. The molecule has 1 heterocycles. The second-order valence-corrected chi connectivity index (χ2v) is 2.69. The number of nitrogens with one attached hydrogen (secondary N) is 2. The Bertz CT molecular complexity index is 156. The monoisotopic (exact) mass is 196 g/mol. The van der Waals surface area contributed by atoms with E-state index < -0.39 is 6.17 Å². The minimum absolute atomic E-state index is 0. The highest BCUT2D eigenvalue weighted by atomic mass is 35.5. The van der Waals surface area contributed by atoms with E-state index in [0.29, 0.717) is 19.5 Å². The van der Waals surface area contributed by atoms with E-state index in [-0.39, 0.29) is 24.4 Å². The fourth-order valence-corrected chi connectivity index (χ4v) is 1.19. The Labute approximate surface area is 77.5 Å². The number of alkyl halides is 1. The molecule has 1 amide bonds. The number of likely N-dealkylation sites (N-methyl/N-ethyl adjacent to an activating group) is 1. The highest BCUT2D eigenvalue weighted by Crippen LogP contribution is 2.09. The van der Waals surface area contributed by atoms with Crippen molar-refractivity contribution in [3.8, 4) is 0 Å². The van der Waals surface area contributed by atoms with Crippen LogP contribution in [0, 0.1) is 0 Å². The van der Waals surface area contributed by atoms with E-state index in [4.69, 9.17) is 0 Å². The van der Waals surface area contributed by atoms with Gasteiger partial charge in [0.25, 0.3) is 0 Å². The topological polar surface area (TPSA) is 41.1 Å². The number of halogens is 2. The molecule has 1 aliphatic heterocycles. The molecule has 0 aromatic rings. The number of carbonyl (C=O) groups is 1. The predicted octanol–water partition coefficient (Wildman–Crippen LogP) is 0.244. The van der Waals surface area contributed by atoms with Crippen molar-refractivity contribution in [2.75, 3.05) is 13.1 Å². The fourth-order valence-electron chi connectivity index (χ4n) is 1.19. The molecule has 0 aliphatic carbocycles. The van der Waals surface area contributed by atoms with Crippen LogP contribution in [-0.4, -0.2) is 31.2 Å². The smallest absolute Gasteiger partial charge is 0.237 e. The minimum atomic E-state index is -0.859. The van der Waals surface area contributed by atoms with Gasteiger partial charge in [0, 0.05) is 19.5 Å². The summed E-state index contributed by atoms with van der Waals surface area (Å²) >= 11 is 0. The van der Waals surface area contributed by atoms with Crippen LogP contribution in [0.15, 0.2) is 0 Å². The maximum Gasteiger partial charge on any atom is 0.237 e. The Kier molecular flexibility index (Phi) is 5.17. The zero-order chi connectivity index (χ0) is 8.27. The number of carbonyl (C=O) groups excluding carboxylic acids is 1. The van der Waals surface area contributed by atoms with E-state index in [9.17, 15) is 9.18 Å². The Hall–Kier alpha value is -0.350. The van der Waals surface area contributed by atoms with Crippen LogP contribution >= 0.6 is 12.4 Å². The Morgan fingerprint density at radius 3 is 2.83 bits per heavy atom. The molecule has 1 rings (SSSR count). The largest absolute Gasteiger partial charge is 0.355 e. The molecule has 3 nitrogen and oxygen atoms in total. The fraction of sp³-hybridized carbons (Fsp3) is 0.857. The van der Waals surface area contributed by atoms with Crippen LogP contribution in [0.1, 0.15) is 13.3 Å². The zero-order valence-corrected chi connectivity index (χ0v) is 7.79. The van der Waals surface area contributed by atoms with Gasteiger partial charge in [0.2, 0.25) is 5.91 Å². The summed E-state index contributed by atoms with van der Waals surface area (Å²) in [5.41, 5.74) is 0. The average molecular weight is 197 g/mol. The first kappa shape index (κ1) is 11.6. The van der Waals surface area contributed by atoms with Gasteiger partial charge in [0.1, 0.15) is 6.17 Å². The van der Waals surface area contributed by atoms with Crippen molar-refractivity contribution in [1.29, 1.82) is 0 Å². The van der Waals surface area contributed by atoms with Gasteiger partial charge in [-0.05, 0) is 6.92 Å². The van der Waals surface area contributed by atoms with Crippen molar-refractivity contribution in [2.45, 2.75) is 25.6 Å². The predicted molar refractivity (Wildman–Crippen MR) is 47.2 cm³/mol. The minimum Gasteiger partial charge on any atom is -0.355 e. The van der Waals surface area contributed by atoms with Crippen molar-refractivity contribution in [1.82, 2.24) is 10.6 Å². The lowest BCUT2D eigenvalue weighted by molar-refractivity contribution is -0.122. The van der Waals surface area contributed by atoms with Gasteiger partial charge in [-0.25, -0.2) is 4.39 Å². The Balaban J connectivity index is 0.00000121. The summed E-state index contributed by atoms with van der Waals surface area (Å²) in [4.78, 5) is 11.1. The van der Waals surface area contributed by atoms with Gasteiger partial charge < -0.3 is 10.6 Å². The molecule has 1 saturated heterocycles. The quantitative estimate of drug-likeness (QED) is 0.665. The summed E-state index contributed by atoms with van der Waals surface area (Å²) in [6.07, 6.45) is -0.547. The normalized spacial score (nSPS) is 27.8. The molecule has 2 N–H and O–H groups in total. The molecular weight excluding hydrogens is 183 g/mol. The molecule has 72 valence electrons. The van der Waals surface area contributed by atoms with Crippen molar-refractivity contribution < 1.29 is 9.18 Å². The van der Waals surface area contributed by atoms with Crippen molar-refractivity contribution in [3.05, 3.63) is 0 Å². The standard InChI is InChI=1S/C7H13FN2O.ClH/c1-2-9-7(11)6-3-5(8)4-10-6;/h5-6,10H,2-4H2,1H3,(H,9,11);1H/t5-,6+;/m1./s1. The van der Waals surface area contributed by atoms with Gasteiger partial charge in [0.05, 0.1) is 6.04 Å². The van der Waals surface area contributed by atoms with E-state index >= 15 is 0 Å². The Morgan fingerprint density at radius 1 is 1.75 bits per heavy atom. The van der Waals surface area contributed by atoms with E-state index in [1.54, 1.807) is 0 Å². The lowest BCUT2D eigenvalue weighted by Crippen LogP contribution is -2.40. The van der Waals surface area contributed by atoms with Crippen molar-refractivity contribution in [3.63, 3.8) is 0 Å². The molecule has 0 unspecified atom stereocenters. The summed E-state index contributed by atoms with van der Waals surface area (Å²) in [7, 11) is 0. The van der Waals surface area contributed by atoms with Crippen LogP contribution in [0.25, 0.3) is 0 Å². The van der Waals surface area contributed by atoms with Gasteiger partial charge in [-0.2, -0.15) is 0 Å². The summed E-state index contributed by atoms with van der Waals surface area (Å²) in [6, 6.07) is -0.315. The highest BCUT2D eigenvalue weighted by Gasteiger charge is 2.28. The van der Waals surface area contributed by atoms with Gasteiger partial charge in [-0.15, -0.1) is 12.4 Å². The second kappa shape index (κ2) is 5.32. The number of rotatable bonds is 2. The van der Waals surface area contributed by atoms with Crippen LogP contribution < -0.4 is 10.6 Å². The number of amides is 1. The molecule has 0 radical (unpaired) electrons. The number of hydrogen-bond acceptors (Lipinski definition) is 2. The Morgan fingerprint density at radius 2 is 2.42 bits per heavy atom. The molecule has 1 aliphatic rings. The zero-order valence-electron chi connectivity index (χ0n) is 6.97. The maximum atomic E-state index is 12.5. The van der Waals surface area contributed by atoms with Gasteiger partial charge in [-0.1, -0.05) is 0 Å². The highest BCUT2D eigenvalue weighted by molar-refractivity contribution is 5.85. The third-order valence-corrected chi connectivity index (χ3v) is 1.74. The molecule has 0 spiro atoms. The molecule has 0 saturated carbocycles. The van der Waals surface area contributed by atoms with E-state index in [1.807, 2.05) is 6.92 Å². The third-order valence-electron chi connectivity index (χ3n) is 1.74. The third kappa shape index (κ3) is 2.95.